The fraction of sp³-hybridized carbons (Fsp3) is 0.235. The Hall–Kier alpha value is -3.29. The van der Waals surface area contributed by atoms with Crippen LogP contribution in [0.25, 0.3) is 11.3 Å². The van der Waals surface area contributed by atoms with Crippen molar-refractivity contribution in [1.29, 1.82) is 0 Å². The number of H-pyrrole nitrogens is 1. The third-order valence-corrected chi connectivity index (χ3v) is 4.00. The van der Waals surface area contributed by atoms with E-state index in [2.05, 4.69) is 10.2 Å². The fourth-order valence-electron chi connectivity index (χ4n) is 2.84. The van der Waals surface area contributed by atoms with Crippen molar-refractivity contribution in [2.24, 2.45) is 0 Å². The zero-order chi connectivity index (χ0) is 17.4. The van der Waals surface area contributed by atoms with Gasteiger partial charge in [-0.05, 0) is 12.1 Å². The zero-order valence-electron chi connectivity index (χ0n) is 13.4. The van der Waals surface area contributed by atoms with Crippen LogP contribution in [0.1, 0.15) is 10.4 Å². The molecular formula is C17H15N3O5. The van der Waals surface area contributed by atoms with E-state index in [-0.39, 0.29) is 17.2 Å². The summed E-state index contributed by atoms with van der Waals surface area (Å²) in [5.41, 5.74) is 0.468. The Morgan fingerprint density at radius 1 is 1.36 bits per heavy atom. The molecule has 1 aromatic carbocycles. The molecule has 128 valence electrons. The van der Waals surface area contributed by atoms with Crippen LogP contribution in [-0.2, 0) is 11.3 Å². The summed E-state index contributed by atoms with van der Waals surface area (Å²) >= 11 is 0. The summed E-state index contributed by atoms with van der Waals surface area (Å²) in [5.74, 6) is 0.810. The second kappa shape index (κ2) is 5.97. The van der Waals surface area contributed by atoms with Crippen LogP contribution in [0, 0.1) is 0 Å². The molecule has 1 N–H and O–H groups in total. The van der Waals surface area contributed by atoms with E-state index in [1.54, 1.807) is 17.0 Å². The van der Waals surface area contributed by atoms with Gasteiger partial charge in [0.1, 0.15) is 17.9 Å². The summed E-state index contributed by atoms with van der Waals surface area (Å²) in [6.45, 7) is 0.768. The number of aromatic nitrogens is 3. The molecule has 4 rings (SSSR count). The minimum atomic E-state index is -0.558. The molecule has 0 radical (unpaired) electrons. The number of benzene rings is 1. The van der Waals surface area contributed by atoms with Gasteiger partial charge < -0.3 is 18.8 Å². The van der Waals surface area contributed by atoms with Crippen molar-refractivity contribution in [3.8, 4) is 22.8 Å². The molecule has 1 aromatic rings. The highest BCUT2D eigenvalue weighted by Gasteiger charge is 2.25. The number of fused-ring (bicyclic) bond motifs is 2. The van der Waals surface area contributed by atoms with Crippen LogP contribution in [0.15, 0.2) is 41.5 Å². The minimum Gasteiger partial charge on any atom is -0.486 e. The van der Waals surface area contributed by atoms with Crippen molar-refractivity contribution >= 4 is 5.97 Å². The Labute approximate surface area is 142 Å². The summed E-state index contributed by atoms with van der Waals surface area (Å²) in [6.07, 6.45) is 2.97. The maximum atomic E-state index is 12.0. The van der Waals surface area contributed by atoms with Crippen molar-refractivity contribution in [3.63, 3.8) is 0 Å². The van der Waals surface area contributed by atoms with E-state index in [0.29, 0.717) is 35.9 Å². The van der Waals surface area contributed by atoms with Crippen molar-refractivity contribution < 1.29 is 19.0 Å². The number of carbonyl (C=O) groups is 1. The van der Waals surface area contributed by atoms with Crippen molar-refractivity contribution in [2.45, 2.75) is 12.6 Å². The average molecular weight is 341 g/mol. The van der Waals surface area contributed by atoms with Crippen molar-refractivity contribution in [3.05, 3.63) is 52.6 Å². The standard InChI is InChI=1S/C17H15N3O5/c1-23-17(22)12-8-20(7-11-15(12)18-19-16(11)21)6-10-9-24-13-4-2-3-5-14(13)25-10/h2-5,7-8,10H,6,9H2,1H3,(H,19,21)/t10-/m0/s1. The smallest absolute Gasteiger partial charge is 0.341 e. The van der Waals surface area contributed by atoms with E-state index in [1.807, 2.05) is 24.3 Å². The molecule has 0 spiro atoms. The molecule has 0 fully saturated rings. The lowest BCUT2D eigenvalue weighted by atomic mass is 10.1. The number of pyridine rings is 1. The summed E-state index contributed by atoms with van der Waals surface area (Å²) in [4.78, 5) is 23.9. The number of aromatic amines is 1. The molecule has 0 aliphatic carbocycles. The number of nitrogens with one attached hydrogen (secondary N) is 1. The van der Waals surface area contributed by atoms with Crippen LogP contribution in [-0.4, -0.2) is 40.6 Å². The van der Waals surface area contributed by atoms with Crippen LogP contribution >= 0.6 is 0 Å². The monoisotopic (exact) mass is 341 g/mol. The van der Waals surface area contributed by atoms with Gasteiger partial charge in [0.25, 0.3) is 5.56 Å². The number of hydrogen-bond donors (Lipinski definition) is 1. The summed E-state index contributed by atoms with van der Waals surface area (Å²) < 4.78 is 18.1. The molecule has 3 aliphatic rings. The number of ether oxygens (including phenoxy) is 3. The Balaban J connectivity index is 1.66. The Morgan fingerprint density at radius 2 is 2.16 bits per heavy atom. The molecule has 8 nitrogen and oxygen atoms in total. The summed E-state index contributed by atoms with van der Waals surface area (Å²) in [5, 5.41) is 6.25. The molecule has 1 atom stereocenters. The van der Waals surface area contributed by atoms with E-state index >= 15 is 0 Å². The Morgan fingerprint density at radius 3 is 2.96 bits per heavy atom. The predicted molar refractivity (Wildman–Crippen MR) is 87.2 cm³/mol. The zero-order valence-corrected chi connectivity index (χ0v) is 13.4. The van der Waals surface area contributed by atoms with Gasteiger partial charge >= 0.3 is 5.97 Å². The lowest BCUT2D eigenvalue weighted by Crippen LogP contribution is -2.33. The normalized spacial score (nSPS) is 16.0. The fourth-order valence-corrected chi connectivity index (χ4v) is 2.84. The second-order valence-electron chi connectivity index (χ2n) is 5.67. The van der Waals surface area contributed by atoms with Crippen molar-refractivity contribution in [1.82, 2.24) is 14.8 Å². The Kier molecular flexibility index (Phi) is 3.64. The van der Waals surface area contributed by atoms with Gasteiger partial charge in [-0.1, -0.05) is 12.1 Å². The van der Waals surface area contributed by atoms with Gasteiger partial charge in [-0.15, -0.1) is 0 Å². The van der Waals surface area contributed by atoms with Crippen molar-refractivity contribution in [2.75, 3.05) is 13.7 Å². The molecule has 3 aliphatic heterocycles. The first-order valence-electron chi connectivity index (χ1n) is 7.70. The van der Waals surface area contributed by atoms with Gasteiger partial charge in [0, 0.05) is 12.4 Å². The molecule has 0 saturated carbocycles. The molecule has 0 saturated heterocycles. The maximum Gasteiger partial charge on any atom is 0.341 e. The van der Waals surface area contributed by atoms with E-state index in [1.165, 1.54) is 7.11 Å². The van der Waals surface area contributed by atoms with E-state index in [9.17, 15) is 9.59 Å². The number of methoxy groups -OCH3 is 1. The van der Waals surface area contributed by atoms with Crippen LogP contribution in [0.4, 0.5) is 0 Å². The third-order valence-electron chi connectivity index (χ3n) is 4.00. The van der Waals surface area contributed by atoms with Crippen LogP contribution < -0.4 is 15.0 Å². The van der Waals surface area contributed by atoms with Gasteiger partial charge in [-0.3, -0.25) is 4.79 Å². The molecule has 0 unspecified atom stereocenters. The molecule has 25 heavy (non-hydrogen) atoms. The minimum absolute atomic E-state index is 0.218. The SMILES string of the molecule is COC(=O)c1cn(C[C@H]2COc3ccccc3O2)cc2c(=O)[nH]nc1-2. The predicted octanol–water partition coefficient (Wildman–Crippen LogP) is 1.30. The molecule has 8 heteroatoms. The van der Waals surface area contributed by atoms with Gasteiger partial charge in [-0.2, -0.15) is 5.10 Å². The average Bonchev–Trinajstić information content (AvgIpc) is 3.01. The highest BCUT2D eigenvalue weighted by atomic mass is 16.6. The number of para-hydroxylation sites is 2. The molecule has 0 aromatic heterocycles. The van der Waals surface area contributed by atoms with E-state index < -0.39 is 5.97 Å². The third kappa shape index (κ3) is 2.71. The first-order chi connectivity index (χ1) is 12.2. The first-order valence-corrected chi connectivity index (χ1v) is 7.70. The number of rotatable bonds is 3. The largest absolute Gasteiger partial charge is 0.486 e. The van der Waals surface area contributed by atoms with Gasteiger partial charge in [0.05, 0.1) is 19.2 Å². The molecule has 3 heterocycles. The topological polar surface area (TPSA) is 95.4 Å². The molecule has 0 amide bonds. The lowest BCUT2D eigenvalue weighted by Gasteiger charge is -2.27. The highest BCUT2D eigenvalue weighted by Crippen LogP contribution is 2.31. The summed E-state index contributed by atoms with van der Waals surface area (Å²) in [7, 11) is 1.28. The first kappa shape index (κ1) is 15.3. The van der Waals surface area contributed by atoms with Gasteiger partial charge in [0.2, 0.25) is 0 Å². The van der Waals surface area contributed by atoms with Crippen LogP contribution in [0.2, 0.25) is 0 Å². The number of hydrogen-bond acceptors (Lipinski definition) is 6. The lowest BCUT2D eigenvalue weighted by molar-refractivity contribution is 0.0597. The van der Waals surface area contributed by atoms with Gasteiger partial charge in [0.15, 0.2) is 17.6 Å². The quantitative estimate of drug-likeness (QED) is 0.722. The maximum absolute atomic E-state index is 12.0. The van der Waals surface area contributed by atoms with Crippen LogP contribution in [0.5, 0.6) is 11.5 Å². The number of carbonyl (C=O) groups excluding carboxylic acids is 1. The van der Waals surface area contributed by atoms with E-state index in [0.717, 1.165) is 0 Å². The highest BCUT2D eigenvalue weighted by molar-refractivity contribution is 5.95. The number of nitrogens with zero attached hydrogens (tertiary/aromatic N) is 2. The Bertz CT molecular complexity index is 961. The summed E-state index contributed by atoms with van der Waals surface area (Å²) in [6, 6.07) is 7.42. The van der Waals surface area contributed by atoms with E-state index in [4.69, 9.17) is 14.2 Å². The molecule has 0 bridgehead atoms. The number of esters is 1. The molecular weight excluding hydrogens is 326 g/mol. The van der Waals surface area contributed by atoms with Crippen LogP contribution in [0.3, 0.4) is 0 Å². The second-order valence-corrected chi connectivity index (χ2v) is 5.67. The van der Waals surface area contributed by atoms with Gasteiger partial charge in [-0.25, -0.2) is 9.89 Å².